The number of ether oxygens (including phenoxy) is 2. The monoisotopic (exact) mass is 270 g/mol. The molecule has 3 rings (SSSR count). The molecule has 0 bridgehead atoms. The Hall–Kier alpha value is -1.48. The molecule has 104 valence electrons. The van der Waals surface area contributed by atoms with Crippen molar-refractivity contribution in [3.8, 4) is 0 Å². The maximum Gasteiger partial charge on any atom is 0.330 e. The standard InChI is InChI=1S/C11H14N2O6/c14-5-6-8(16)11(2-4-18-11)9(19-6)13-3-1-7(15)12-10(13)17/h1,3,6,8-9,14,16H,2,4-5H2,(H,12,15,17)/t6-,8-,9-,11+/m1/s1. The van der Waals surface area contributed by atoms with Crippen LogP contribution in [-0.2, 0) is 9.47 Å². The fraction of sp³-hybridized carbons (Fsp3) is 0.636. The van der Waals surface area contributed by atoms with E-state index < -0.39 is 35.3 Å². The van der Waals surface area contributed by atoms with Crippen LogP contribution in [0.25, 0.3) is 0 Å². The van der Waals surface area contributed by atoms with Gasteiger partial charge >= 0.3 is 5.69 Å². The molecule has 0 aromatic carbocycles. The van der Waals surface area contributed by atoms with Crippen LogP contribution in [0.15, 0.2) is 21.9 Å². The molecule has 2 fully saturated rings. The second-order valence-corrected chi connectivity index (χ2v) is 4.73. The second kappa shape index (κ2) is 4.27. The quantitative estimate of drug-likeness (QED) is 0.570. The van der Waals surface area contributed by atoms with E-state index in [9.17, 15) is 19.8 Å². The molecule has 8 heteroatoms. The van der Waals surface area contributed by atoms with Crippen LogP contribution in [0.1, 0.15) is 12.6 Å². The zero-order valence-electron chi connectivity index (χ0n) is 9.98. The number of aliphatic hydroxyl groups is 2. The highest BCUT2D eigenvalue weighted by atomic mass is 16.6. The zero-order valence-corrected chi connectivity index (χ0v) is 9.98. The molecule has 19 heavy (non-hydrogen) atoms. The molecule has 8 nitrogen and oxygen atoms in total. The van der Waals surface area contributed by atoms with Gasteiger partial charge in [-0.1, -0.05) is 0 Å². The summed E-state index contributed by atoms with van der Waals surface area (Å²) in [6.07, 6.45) is -0.889. The van der Waals surface area contributed by atoms with E-state index >= 15 is 0 Å². The Labute approximate surface area is 107 Å². The summed E-state index contributed by atoms with van der Waals surface area (Å²) in [6, 6.07) is 1.19. The number of aromatic amines is 1. The first kappa shape index (κ1) is 12.5. The van der Waals surface area contributed by atoms with Crippen molar-refractivity contribution in [3.05, 3.63) is 33.1 Å². The maximum atomic E-state index is 11.8. The average molecular weight is 270 g/mol. The summed E-state index contributed by atoms with van der Waals surface area (Å²) in [6.45, 7) is 0.0774. The van der Waals surface area contributed by atoms with Crippen molar-refractivity contribution in [2.24, 2.45) is 0 Å². The number of hydrogen-bond donors (Lipinski definition) is 3. The second-order valence-electron chi connectivity index (χ2n) is 4.73. The predicted molar refractivity (Wildman–Crippen MR) is 61.6 cm³/mol. The van der Waals surface area contributed by atoms with Crippen LogP contribution in [0.5, 0.6) is 0 Å². The molecule has 3 N–H and O–H groups in total. The summed E-state index contributed by atoms with van der Waals surface area (Å²) in [4.78, 5) is 25.0. The molecular weight excluding hydrogens is 256 g/mol. The minimum Gasteiger partial charge on any atom is -0.394 e. The first-order chi connectivity index (χ1) is 9.08. The number of hydrogen-bond acceptors (Lipinski definition) is 6. The van der Waals surface area contributed by atoms with Crippen molar-refractivity contribution in [2.75, 3.05) is 13.2 Å². The lowest BCUT2D eigenvalue weighted by molar-refractivity contribution is -0.227. The van der Waals surface area contributed by atoms with Crippen molar-refractivity contribution in [1.29, 1.82) is 0 Å². The normalized spacial score (nSPS) is 37.5. The summed E-state index contributed by atoms with van der Waals surface area (Å²) in [7, 11) is 0. The molecule has 1 aromatic rings. The van der Waals surface area contributed by atoms with E-state index in [-0.39, 0.29) is 6.61 Å². The molecule has 2 aliphatic heterocycles. The van der Waals surface area contributed by atoms with Gasteiger partial charge in [-0.2, -0.15) is 0 Å². The molecule has 1 spiro atoms. The van der Waals surface area contributed by atoms with Crippen molar-refractivity contribution >= 4 is 0 Å². The Morgan fingerprint density at radius 2 is 2.26 bits per heavy atom. The highest BCUT2D eigenvalue weighted by Gasteiger charge is 2.61. The Balaban J connectivity index is 2.04. The Morgan fingerprint density at radius 1 is 1.53 bits per heavy atom. The molecule has 0 aliphatic carbocycles. The topological polar surface area (TPSA) is 114 Å². The number of nitrogens with zero attached hydrogens (tertiary/aromatic N) is 1. The van der Waals surface area contributed by atoms with Gasteiger partial charge in [0.15, 0.2) is 6.23 Å². The van der Waals surface area contributed by atoms with Crippen molar-refractivity contribution in [3.63, 3.8) is 0 Å². The van der Waals surface area contributed by atoms with Gasteiger partial charge < -0.3 is 19.7 Å². The summed E-state index contributed by atoms with van der Waals surface area (Å²) in [5.41, 5.74) is -2.18. The summed E-state index contributed by atoms with van der Waals surface area (Å²) in [5, 5.41) is 19.3. The van der Waals surface area contributed by atoms with Gasteiger partial charge in [0, 0.05) is 18.7 Å². The first-order valence-electron chi connectivity index (χ1n) is 5.98. The maximum absolute atomic E-state index is 11.8. The van der Waals surface area contributed by atoms with E-state index in [1.54, 1.807) is 0 Å². The number of rotatable bonds is 2. The minimum atomic E-state index is -1.03. The van der Waals surface area contributed by atoms with E-state index in [0.717, 1.165) is 0 Å². The molecule has 0 unspecified atom stereocenters. The van der Waals surface area contributed by atoms with Crippen LogP contribution in [0, 0.1) is 0 Å². The molecule has 2 saturated heterocycles. The van der Waals surface area contributed by atoms with Gasteiger partial charge in [0.2, 0.25) is 0 Å². The molecule has 0 radical (unpaired) electrons. The van der Waals surface area contributed by atoms with E-state index in [4.69, 9.17) is 9.47 Å². The number of H-pyrrole nitrogens is 1. The fourth-order valence-electron chi connectivity index (χ4n) is 2.64. The van der Waals surface area contributed by atoms with Crippen LogP contribution in [0.3, 0.4) is 0 Å². The third-order valence-corrected chi connectivity index (χ3v) is 3.72. The Morgan fingerprint density at radius 3 is 2.79 bits per heavy atom. The lowest BCUT2D eigenvalue weighted by Gasteiger charge is -2.44. The van der Waals surface area contributed by atoms with Crippen molar-refractivity contribution in [1.82, 2.24) is 9.55 Å². The van der Waals surface area contributed by atoms with Gasteiger partial charge in [0.05, 0.1) is 13.2 Å². The predicted octanol–water partition coefficient (Wildman–Crippen LogP) is -2.05. The molecule has 4 atom stereocenters. The van der Waals surface area contributed by atoms with Gasteiger partial charge in [-0.05, 0) is 0 Å². The van der Waals surface area contributed by atoms with E-state index in [2.05, 4.69) is 4.98 Å². The number of aromatic nitrogens is 2. The average Bonchev–Trinajstić information content (AvgIpc) is 2.62. The molecule has 0 amide bonds. The summed E-state index contributed by atoms with van der Waals surface area (Å²) >= 11 is 0. The zero-order chi connectivity index (χ0) is 13.6. The molecule has 1 aromatic heterocycles. The van der Waals surface area contributed by atoms with Gasteiger partial charge in [-0.3, -0.25) is 14.3 Å². The van der Waals surface area contributed by atoms with Crippen LogP contribution in [-0.4, -0.2) is 50.8 Å². The molecule has 3 heterocycles. The third kappa shape index (κ3) is 1.68. The largest absolute Gasteiger partial charge is 0.394 e. The van der Waals surface area contributed by atoms with Gasteiger partial charge in [-0.25, -0.2) is 4.79 Å². The van der Waals surface area contributed by atoms with Crippen molar-refractivity contribution in [2.45, 2.75) is 30.5 Å². The smallest absolute Gasteiger partial charge is 0.330 e. The highest BCUT2D eigenvalue weighted by Crippen LogP contribution is 2.47. The first-order valence-corrected chi connectivity index (χ1v) is 5.98. The summed E-state index contributed by atoms with van der Waals surface area (Å²) in [5.74, 6) is 0. The third-order valence-electron chi connectivity index (χ3n) is 3.72. The SMILES string of the molecule is O=c1ccn([C@@H]2O[C@H](CO)[C@@H](O)[C@@]23CCO3)c(=O)[nH]1. The minimum absolute atomic E-state index is 0.374. The Bertz CT molecular complexity index is 589. The van der Waals surface area contributed by atoms with E-state index in [0.29, 0.717) is 13.0 Å². The summed E-state index contributed by atoms with van der Waals surface area (Å²) < 4.78 is 12.1. The van der Waals surface area contributed by atoms with Gasteiger partial charge in [-0.15, -0.1) is 0 Å². The van der Waals surface area contributed by atoms with Crippen LogP contribution < -0.4 is 11.2 Å². The fourth-order valence-corrected chi connectivity index (χ4v) is 2.64. The molecule has 0 saturated carbocycles. The van der Waals surface area contributed by atoms with Crippen LogP contribution >= 0.6 is 0 Å². The number of aliphatic hydroxyl groups excluding tert-OH is 2. The van der Waals surface area contributed by atoms with E-state index in [1.165, 1.54) is 16.8 Å². The Kier molecular flexibility index (Phi) is 2.82. The van der Waals surface area contributed by atoms with Crippen molar-refractivity contribution < 1.29 is 19.7 Å². The lowest BCUT2D eigenvalue weighted by atomic mass is 9.86. The van der Waals surface area contributed by atoms with Gasteiger partial charge in [0.1, 0.15) is 17.8 Å². The van der Waals surface area contributed by atoms with E-state index in [1.807, 2.05) is 0 Å². The van der Waals surface area contributed by atoms with Gasteiger partial charge in [0.25, 0.3) is 5.56 Å². The van der Waals surface area contributed by atoms with Crippen LogP contribution in [0.2, 0.25) is 0 Å². The molecular formula is C11H14N2O6. The highest BCUT2D eigenvalue weighted by molar-refractivity contribution is 5.07. The van der Waals surface area contributed by atoms with Crippen LogP contribution in [0.4, 0.5) is 0 Å². The molecule has 2 aliphatic rings. The number of nitrogens with one attached hydrogen (secondary N) is 1. The lowest BCUT2D eigenvalue weighted by Crippen LogP contribution is -2.57.